The Hall–Kier alpha value is -1.10. The van der Waals surface area contributed by atoms with Crippen LogP contribution in [0.4, 0.5) is 0 Å². The largest absolute Gasteiger partial charge is 0.496 e. The van der Waals surface area contributed by atoms with E-state index in [1.165, 1.54) is 5.56 Å². The summed E-state index contributed by atoms with van der Waals surface area (Å²) in [6.45, 7) is 5.95. The van der Waals surface area contributed by atoms with Gasteiger partial charge in [-0.15, -0.1) is 0 Å². The molecule has 1 aliphatic heterocycles. The third-order valence-electron chi connectivity index (χ3n) is 3.96. The third kappa shape index (κ3) is 4.20. The Morgan fingerprint density at radius 2 is 2.25 bits per heavy atom. The summed E-state index contributed by atoms with van der Waals surface area (Å²) < 4.78 is 11.2. The first-order valence-corrected chi connectivity index (χ1v) is 7.35. The zero-order valence-corrected chi connectivity index (χ0v) is 12.8. The van der Waals surface area contributed by atoms with Crippen LogP contribution in [0.2, 0.25) is 0 Å². The second kappa shape index (κ2) is 7.62. The van der Waals surface area contributed by atoms with E-state index in [4.69, 9.17) is 9.47 Å². The maximum atomic E-state index is 5.77. The zero-order chi connectivity index (χ0) is 14.4. The van der Waals surface area contributed by atoms with Crippen LogP contribution in [0.3, 0.4) is 0 Å². The molecule has 20 heavy (non-hydrogen) atoms. The molecule has 1 aromatic rings. The molecule has 1 saturated heterocycles. The van der Waals surface area contributed by atoms with Gasteiger partial charge >= 0.3 is 0 Å². The number of para-hydroxylation sites is 1. The molecule has 1 aromatic carbocycles. The fourth-order valence-corrected chi connectivity index (χ4v) is 2.58. The second-order valence-electron chi connectivity index (χ2n) is 5.50. The molecule has 1 fully saturated rings. The Labute approximate surface area is 122 Å². The van der Waals surface area contributed by atoms with E-state index in [-0.39, 0.29) is 0 Å². The van der Waals surface area contributed by atoms with Crippen molar-refractivity contribution in [2.24, 2.45) is 0 Å². The lowest BCUT2D eigenvalue weighted by Crippen LogP contribution is -2.46. The predicted octanol–water partition coefficient (Wildman–Crippen LogP) is 1.55. The van der Waals surface area contributed by atoms with Gasteiger partial charge in [-0.25, -0.2) is 0 Å². The summed E-state index contributed by atoms with van der Waals surface area (Å²) in [5.41, 5.74) is 1.26. The molecule has 4 nitrogen and oxygen atoms in total. The second-order valence-corrected chi connectivity index (χ2v) is 5.50. The van der Waals surface area contributed by atoms with Crippen LogP contribution < -0.4 is 10.1 Å². The minimum absolute atomic E-state index is 0.300. The van der Waals surface area contributed by atoms with Crippen LogP contribution in [-0.4, -0.2) is 57.4 Å². The Kier molecular flexibility index (Phi) is 5.83. The molecule has 0 radical (unpaired) electrons. The van der Waals surface area contributed by atoms with E-state index in [9.17, 15) is 0 Å². The molecule has 0 aliphatic carbocycles. The van der Waals surface area contributed by atoms with Gasteiger partial charge in [0.15, 0.2) is 0 Å². The minimum atomic E-state index is 0.300. The van der Waals surface area contributed by atoms with Gasteiger partial charge in [-0.3, -0.25) is 0 Å². The molecular formula is C16H26N2O2. The van der Waals surface area contributed by atoms with Crippen LogP contribution in [0.1, 0.15) is 12.5 Å². The first kappa shape index (κ1) is 15.3. The molecule has 4 heteroatoms. The molecule has 2 atom stereocenters. The van der Waals surface area contributed by atoms with Crippen LogP contribution >= 0.6 is 0 Å². The maximum absolute atomic E-state index is 5.77. The molecule has 1 N–H and O–H groups in total. The van der Waals surface area contributed by atoms with Gasteiger partial charge in [0.05, 0.1) is 19.8 Å². The van der Waals surface area contributed by atoms with Gasteiger partial charge in [0.2, 0.25) is 0 Å². The lowest BCUT2D eigenvalue weighted by molar-refractivity contribution is 0.00411. The van der Waals surface area contributed by atoms with Gasteiger partial charge in [-0.2, -0.15) is 0 Å². The molecule has 1 heterocycles. The summed E-state index contributed by atoms with van der Waals surface area (Å²) in [5, 5.41) is 3.38. The highest BCUT2D eigenvalue weighted by atomic mass is 16.5. The van der Waals surface area contributed by atoms with E-state index in [0.717, 1.165) is 38.4 Å². The van der Waals surface area contributed by atoms with Crippen molar-refractivity contribution in [3.05, 3.63) is 29.8 Å². The minimum Gasteiger partial charge on any atom is -0.496 e. The number of benzene rings is 1. The normalized spacial score (nSPS) is 20.9. The summed E-state index contributed by atoms with van der Waals surface area (Å²) in [5.74, 6) is 0.975. The quantitative estimate of drug-likeness (QED) is 0.856. The number of rotatable bonds is 6. The molecule has 0 aromatic heterocycles. The van der Waals surface area contributed by atoms with Crippen molar-refractivity contribution >= 4 is 0 Å². The molecule has 1 aliphatic rings. The Morgan fingerprint density at radius 3 is 2.95 bits per heavy atom. The van der Waals surface area contributed by atoms with Crippen LogP contribution in [0.5, 0.6) is 5.75 Å². The van der Waals surface area contributed by atoms with E-state index in [0.29, 0.717) is 12.1 Å². The predicted molar refractivity (Wildman–Crippen MR) is 81.4 cm³/mol. The van der Waals surface area contributed by atoms with Crippen molar-refractivity contribution in [1.82, 2.24) is 10.2 Å². The van der Waals surface area contributed by atoms with Crippen molar-refractivity contribution in [3.63, 3.8) is 0 Å². The lowest BCUT2D eigenvalue weighted by Gasteiger charge is -2.31. The average molecular weight is 278 g/mol. The molecule has 0 bridgehead atoms. The zero-order valence-electron chi connectivity index (χ0n) is 12.8. The molecule has 0 saturated carbocycles. The standard InChI is InChI=1S/C16H26N2O2/c1-13(10-14-6-4-5-7-16(14)19-3)18(2)12-15-11-17-8-9-20-15/h4-7,13,15,17H,8-12H2,1-3H3. The third-order valence-corrected chi connectivity index (χ3v) is 3.96. The number of hydrogen-bond donors (Lipinski definition) is 1. The SMILES string of the molecule is COc1ccccc1CC(C)N(C)CC1CNCCO1. The van der Waals surface area contributed by atoms with Gasteiger partial charge in [0.1, 0.15) is 5.75 Å². The van der Waals surface area contributed by atoms with E-state index in [1.807, 2.05) is 12.1 Å². The van der Waals surface area contributed by atoms with Crippen molar-refractivity contribution in [1.29, 1.82) is 0 Å². The van der Waals surface area contributed by atoms with E-state index >= 15 is 0 Å². The molecule has 0 spiro atoms. The average Bonchev–Trinajstić information content (AvgIpc) is 2.48. The summed E-state index contributed by atoms with van der Waals surface area (Å²) >= 11 is 0. The van der Waals surface area contributed by atoms with Gasteiger partial charge in [0, 0.05) is 25.7 Å². The highest BCUT2D eigenvalue weighted by Crippen LogP contribution is 2.20. The number of nitrogens with zero attached hydrogens (tertiary/aromatic N) is 1. The van der Waals surface area contributed by atoms with Crippen LogP contribution in [0.15, 0.2) is 24.3 Å². The van der Waals surface area contributed by atoms with Gasteiger partial charge < -0.3 is 19.7 Å². The van der Waals surface area contributed by atoms with Crippen LogP contribution in [0, 0.1) is 0 Å². The number of nitrogens with one attached hydrogen (secondary N) is 1. The molecule has 112 valence electrons. The summed E-state index contributed by atoms with van der Waals surface area (Å²) in [6, 6.07) is 8.70. The number of likely N-dealkylation sites (N-methyl/N-ethyl adjacent to an activating group) is 1. The highest BCUT2D eigenvalue weighted by molar-refractivity contribution is 5.33. The Morgan fingerprint density at radius 1 is 1.45 bits per heavy atom. The van der Waals surface area contributed by atoms with Crippen molar-refractivity contribution in [3.8, 4) is 5.75 Å². The lowest BCUT2D eigenvalue weighted by atomic mass is 10.0. The highest BCUT2D eigenvalue weighted by Gasteiger charge is 2.19. The molecule has 0 amide bonds. The monoisotopic (exact) mass is 278 g/mol. The number of morpholine rings is 1. The van der Waals surface area contributed by atoms with Crippen LogP contribution in [0.25, 0.3) is 0 Å². The van der Waals surface area contributed by atoms with Crippen LogP contribution in [-0.2, 0) is 11.2 Å². The number of methoxy groups -OCH3 is 1. The maximum Gasteiger partial charge on any atom is 0.122 e. The fraction of sp³-hybridized carbons (Fsp3) is 0.625. The summed E-state index contributed by atoms with van der Waals surface area (Å²) in [6.07, 6.45) is 1.29. The first-order chi connectivity index (χ1) is 9.70. The van der Waals surface area contributed by atoms with Crippen molar-refractivity contribution in [2.75, 3.05) is 40.4 Å². The Bertz CT molecular complexity index is 405. The summed E-state index contributed by atoms with van der Waals surface area (Å²) in [7, 11) is 3.90. The molecule has 2 unspecified atom stereocenters. The van der Waals surface area contributed by atoms with Gasteiger partial charge in [0.25, 0.3) is 0 Å². The molecule has 2 rings (SSSR count). The van der Waals surface area contributed by atoms with Crippen molar-refractivity contribution < 1.29 is 9.47 Å². The van der Waals surface area contributed by atoms with Crippen molar-refractivity contribution in [2.45, 2.75) is 25.5 Å². The summed E-state index contributed by atoms with van der Waals surface area (Å²) in [4.78, 5) is 2.37. The fourth-order valence-electron chi connectivity index (χ4n) is 2.58. The number of hydrogen-bond acceptors (Lipinski definition) is 4. The van der Waals surface area contributed by atoms with E-state index in [1.54, 1.807) is 7.11 Å². The van der Waals surface area contributed by atoms with E-state index < -0.39 is 0 Å². The smallest absolute Gasteiger partial charge is 0.122 e. The topological polar surface area (TPSA) is 33.7 Å². The van der Waals surface area contributed by atoms with Gasteiger partial charge in [-0.05, 0) is 32.0 Å². The van der Waals surface area contributed by atoms with Gasteiger partial charge in [-0.1, -0.05) is 18.2 Å². The Balaban J connectivity index is 1.88. The first-order valence-electron chi connectivity index (χ1n) is 7.35. The molecular weight excluding hydrogens is 252 g/mol. The van der Waals surface area contributed by atoms with E-state index in [2.05, 4.69) is 36.3 Å². The number of ether oxygens (including phenoxy) is 2.